The molecule has 0 aliphatic rings. The molecule has 0 aliphatic carbocycles. The quantitative estimate of drug-likeness (QED) is 0.670. The summed E-state index contributed by atoms with van der Waals surface area (Å²) in [5.74, 6) is -2.52. The molecular formula is C18H16O4. The lowest BCUT2D eigenvalue weighted by Gasteiger charge is -2.10. The van der Waals surface area contributed by atoms with Gasteiger partial charge in [0, 0.05) is 0 Å². The normalized spacial score (nSPS) is 11.7. The molecule has 0 atom stereocenters. The third kappa shape index (κ3) is 3.23. The highest BCUT2D eigenvalue weighted by molar-refractivity contribution is 6.36. The summed E-state index contributed by atoms with van der Waals surface area (Å²) < 4.78 is 0. The zero-order valence-electron chi connectivity index (χ0n) is 12.3. The Morgan fingerprint density at radius 3 is 1.14 bits per heavy atom. The zero-order valence-corrected chi connectivity index (χ0v) is 12.3. The summed E-state index contributed by atoms with van der Waals surface area (Å²) in [5.41, 5.74) is 2.27. The number of aliphatic carboxylic acids is 2. The van der Waals surface area contributed by atoms with Crippen LogP contribution >= 0.6 is 0 Å². The Kier molecular flexibility index (Phi) is 4.41. The van der Waals surface area contributed by atoms with Gasteiger partial charge in [0.25, 0.3) is 0 Å². The van der Waals surface area contributed by atoms with Crippen molar-refractivity contribution in [1.82, 2.24) is 0 Å². The molecule has 0 heterocycles. The van der Waals surface area contributed by atoms with E-state index in [1.165, 1.54) is 0 Å². The molecule has 0 aromatic heterocycles. The van der Waals surface area contributed by atoms with Crippen molar-refractivity contribution in [3.8, 4) is 0 Å². The molecule has 4 nitrogen and oxygen atoms in total. The Morgan fingerprint density at radius 1 is 0.636 bits per heavy atom. The number of hydrogen-bond acceptors (Lipinski definition) is 2. The summed E-state index contributed by atoms with van der Waals surface area (Å²) in [4.78, 5) is 23.3. The number of carbonyl (C=O) groups is 2. The maximum Gasteiger partial charge on any atom is 0.337 e. The lowest BCUT2D eigenvalue weighted by atomic mass is 9.93. The van der Waals surface area contributed by atoms with Gasteiger partial charge in [0.05, 0.1) is 11.1 Å². The molecule has 0 unspecified atom stereocenters. The number of rotatable bonds is 4. The van der Waals surface area contributed by atoms with E-state index in [9.17, 15) is 19.8 Å². The molecule has 22 heavy (non-hydrogen) atoms. The molecule has 2 N–H and O–H groups in total. The summed E-state index contributed by atoms with van der Waals surface area (Å²) in [7, 11) is 0. The van der Waals surface area contributed by atoms with Crippen LogP contribution < -0.4 is 0 Å². The Balaban J connectivity index is 2.73. The van der Waals surface area contributed by atoms with Crippen molar-refractivity contribution in [3.05, 3.63) is 70.8 Å². The van der Waals surface area contributed by atoms with Crippen LogP contribution in [-0.2, 0) is 9.59 Å². The zero-order chi connectivity index (χ0) is 16.3. The monoisotopic (exact) mass is 296 g/mol. The van der Waals surface area contributed by atoms with Crippen LogP contribution in [0.15, 0.2) is 48.5 Å². The van der Waals surface area contributed by atoms with Crippen LogP contribution in [0.5, 0.6) is 0 Å². The van der Waals surface area contributed by atoms with Crippen molar-refractivity contribution in [2.24, 2.45) is 0 Å². The topological polar surface area (TPSA) is 74.6 Å². The van der Waals surface area contributed by atoms with Crippen molar-refractivity contribution < 1.29 is 19.8 Å². The molecule has 2 aromatic rings. The second-order valence-electron chi connectivity index (χ2n) is 5.09. The lowest BCUT2D eigenvalue weighted by molar-refractivity contribution is -0.132. The van der Waals surface area contributed by atoms with Gasteiger partial charge < -0.3 is 10.2 Å². The van der Waals surface area contributed by atoms with Crippen LogP contribution in [0, 0.1) is 13.8 Å². The summed E-state index contributed by atoms with van der Waals surface area (Å²) in [5, 5.41) is 19.0. The third-order valence-corrected chi connectivity index (χ3v) is 3.36. The predicted molar refractivity (Wildman–Crippen MR) is 84.4 cm³/mol. The minimum atomic E-state index is -1.26. The van der Waals surface area contributed by atoms with Crippen LogP contribution in [0.4, 0.5) is 0 Å². The second kappa shape index (κ2) is 6.26. The fourth-order valence-corrected chi connectivity index (χ4v) is 2.19. The average molecular weight is 296 g/mol. The van der Waals surface area contributed by atoms with Crippen LogP contribution in [0.25, 0.3) is 11.1 Å². The first-order chi connectivity index (χ1) is 10.4. The van der Waals surface area contributed by atoms with Gasteiger partial charge in [0.2, 0.25) is 0 Å². The minimum absolute atomic E-state index is 0.212. The van der Waals surface area contributed by atoms with Gasteiger partial charge in [-0.1, -0.05) is 59.7 Å². The van der Waals surface area contributed by atoms with Crippen LogP contribution in [-0.4, -0.2) is 22.2 Å². The molecule has 0 aliphatic heterocycles. The van der Waals surface area contributed by atoms with E-state index in [1.807, 2.05) is 13.8 Å². The molecule has 2 rings (SSSR count). The third-order valence-electron chi connectivity index (χ3n) is 3.36. The molecular weight excluding hydrogens is 280 g/mol. The number of aryl methyl sites for hydroxylation is 2. The SMILES string of the molecule is Cc1ccc(/C(C(=O)O)=C(/C(=O)O)c2ccc(C)cc2)cc1. The molecule has 2 aromatic carbocycles. The number of benzene rings is 2. The second-order valence-corrected chi connectivity index (χ2v) is 5.09. The van der Waals surface area contributed by atoms with E-state index in [2.05, 4.69) is 0 Å². The van der Waals surface area contributed by atoms with Crippen LogP contribution in [0.2, 0.25) is 0 Å². The first kappa shape index (κ1) is 15.5. The molecule has 0 saturated carbocycles. The first-order valence-electron chi connectivity index (χ1n) is 6.75. The Morgan fingerprint density at radius 2 is 0.909 bits per heavy atom. The maximum atomic E-state index is 11.6. The summed E-state index contributed by atoms with van der Waals surface area (Å²) in [6.45, 7) is 3.76. The van der Waals surface area contributed by atoms with Gasteiger partial charge in [-0.25, -0.2) is 9.59 Å². The van der Waals surface area contributed by atoms with Crippen molar-refractivity contribution in [2.45, 2.75) is 13.8 Å². The Hall–Kier alpha value is -2.88. The average Bonchev–Trinajstić information content (AvgIpc) is 2.46. The molecule has 0 saturated heterocycles. The Labute approximate surface area is 128 Å². The van der Waals surface area contributed by atoms with Crippen molar-refractivity contribution in [3.63, 3.8) is 0 Å². The van der Waals surface area contributed by atoms with E-state index < -0.39 is 11.9 Å². The molecule has 0 amide bonds. The molecule has 0 fully saturated rings. The first-order valence-corrected chi connectivity index (χ1v) is 6.75. The largest absolute Gasteiger partial charge is 0.478 e. The molecule has 0 radical (unpaired) electrons. The molecule has 112 valence electrons. The van der Waals surface area contributed by atoms with Crippen molar-refractivity contribution in [2.75, 3.05) is 0 Å². The molecule has 0 bridgehead atoms. The van der Waals surface area contributed by atoms with Gasteiger partial charge in [-0.3, -0.25) is 0 Å². The smallest absolute Gasteiger partial charge is 0.337 e. The van der Waals surface area contributed by atoms with Crippen LogP contribution in [0.1, 0.15) is 22.3 Å². The van der Waals surface area contributed by atoms with E-state index in [1.54, 1.807) is 48.5 Å². The van der Waals surface area contributed by atoms with E-state index >= 15 is 0 Å². The van der Waals surface area contributed by atoms with Gasteiger partial charge in [-0.05, 0) is 25.0 Å². The highest BCUT2D eigenvalue weighted by Gasteiger charge is 2.23. The van der Waals surface area contributed by atoms with Gasteiger partial charge in [0.1, 0.15) is 0 Å². The van der Waals surface area contributed by atoms with E-state index in [4.69, 9.17) is 0 Å². The fraction of sp³-hybridized carbons (Fsp3) is 0.111. The number of carboxylic acid groups (broad SMARTS) is 2. The highest BCUT2D eigenvalue weighted by atomic mass is 16.4. The predicted octanol–water partition coefficient (Wildman–Crippen LogP) is 3.38. The van der Waals surface area contributed by atoms with Crippen LogP contribution in [0.3, 0.4) is 0 Å². The molecule has 4 heteroatoms. The number of hydrogen-bond donors (Lipinski definition) is 2. The van der Waals surface area contributed by atoms with E-state index in [0.29, 0.717) is 11.1 Å². The van der Waals surface area contributed by atoms with E-state index in [-0.39, 0.29) is 11.1 Å². The van der Waals surface area contributed by atoms with Gasteiger partial charge in [-0.15, -0.1) is 0 Å². The molecule has 0 spiro atoms. The lowest BCUT2D eigenvalue weighted by Crippen LogP contribution is -2.10. The summed E-state index contributed by atoms with van der Waals surface area (Å²) in [6.07, 6.45) is 0. The maximum absolute atomic E-state index is 11.6. The number of carboxylic acids is 2. The summed E-state index contributed by atoms with van der Waals surface area (Å²) >= 11 is 0. The van der Waals surface area contributed by atoms with Gasteiger partial charge >= 0.3 is 11.9 Å². The summed E-state index contributed by atoms with van der Waals surface area (Å²) in [6, 6.07) is 13.5. The Bertz CT molecular complexity index is 672. The minimum Gasteiger partial charge on any atom is -0.478 e. The standard InChI is InChI=1S/C18H16O4/c1-11-3-7-13(8-4-11)15(17(19)20)16(18(21)22)14-9-5-12(2)6-10-14/h3-10H,1-2H3,(H,19,20)(H,21,22)/b16-15-. The highest BCUT2D eigenvalue weighted by Crippen LogP contribution is 2.27. The van der Waals surface area contributed by atoms with Crippen molar-refractivity contribution in [1.29, 1.82) is 0 Å². The van der Waals surface area contributed by atoms with E-state index in [0.717, 1.165) is 11.1 Å². The van der Waals surface area contributed by atoms with Crippen molar-refractivity contribution >= 4 is 23.1 Å². The fourth-order valence-electron chi connectivity index (χ4n) is 2.19. The van der Waals surface area contributed by atoms with Gasteiger partial charge in [0.15, 0.2) is 0 Å². The van der Waals surface area contributed by atoms with Gasteiger partial charge in [-0.2, -0.15) is 0 Å².